The van der Waals surface area contributed by atoms with Crippen LogP contribution in [0.1, 0.15) is 18.4 Å². The molecule has 1 saturated heterocycles. The van der Waals surface area contributed by atoms with E-state index in [-0.39, 0.29) is 11.5 Å². The van der Waals surface area contributed by atoms with Crippen molar-refractivity contribution in [2.75, 3.05) is 12.3 Å². The smallest absolute Gasteiger partial charge is 0.240 e. The number of hydrogen-bond donors (Lipinski definition) is 2. The van der Waals surface area contributed by atoms with E-state index in [9.17, 15) is 8.42 Å². The van der Waals surface area contributed by atoms with E-state index >= 15 is 0 Å². The Hall–Kier alpha value is -0.560. The summed E-state index contributed by atoms with van der Waals surface area (Å²) >= 11 is 1.82. The first-order chi connectivity index (χ1) is 8.62. The van der Waals surface area contributed by atoms with Gasteiger partial charge in [-0.1, -0.05) is 12.1 Å². The molecule has 1 aromatic rings. The number of aliphatic hydroxyl groups excluding tert-OH is 1. The normalized spacial score (nSPS) is 20.2. The molecule has 1 aromatic carbocycles. The average molecular weight is 287 g/mol. The van der Waals surface area contributed by atoms with Crippen molar-refractivity contribution >= 4 is 21.8 Å². The van der Waals surface area contributed by atoms with Crippen molar-refractivity contribution in [1.82, 2.24) is 4.72 Å². The highest BCUT2D eigenvalue weighted by Gasteiger charge is 2.19. The van der Waals surface area contributed by atoms with Crippen molar-refractivity contribution in [2.24, 2.45) is 0 Å². The van der Waals surface area contributed by atoms with E-state index in [4.69, 9.17) is 5.11 Å². The van der Waals surface area contributed by atoms with E-state index in [1.54, 1.807) is 12.1 Å². The summed E-state index contributed by atoms with van der Waals surface area (Å²) in [6.07, 6.45) is 2.25. The van der Waals surface area contributed by atoms with Crippen molar-refractivity contribution in [3.63, 3.8) is 0 Å². The molecule has 0 radical (unpaired) electrons. The minimum atomic E-state index is -3.42. The molecule has 1 unspecified atom stereocenters. The fourth-order valence-electron chi connectivity index (χ4n) is 1.87. The molecule has 100 valence electrons. The Morgan fingerprint density at radius 1 is 1.33 bits per heavy atom. The molecule has 0 amide bonds. The van der Waals surface area contributed by atoms with Gasteiger partial charge in [-0.15, -0.1) is 0 Å². The second-order valence-electron chi connectivity index (χ2n) is 4.29. The van der Waals surface area contributed by atoms with Crippen LogP contribution in [0, 0.1) is 0 Å². The van der Waals surface area contributed by atoms with Crippen LogP contribution >= 0.6 is 11.8 Å². The highest BCUT2D eigenvalue weighted by Crippen LogP contribution is 2.25. The average Bonchev–Trinajstić information content (AvgIpc) is 2.90. The largest absolute Gasteiger partial charge is 0.392 e. The van der Waals surface area contributed by atoms with Crippen LogP contribution in [0.25, 0.3) is 0 Å². The van der Waals surface area contributed by atoms with Crippen LogP contribution in [0.15, 0.2) is 29.2 Å². The Labute approximate surface area is 112 Å². The SMILES string of the molecule is O=S(=O)(NCC1CCCS1)c1ccc(CO)cc1. The topological polar surface area (TPSA) is 66.4 Å². The second-order valence-corrected chi connectivity index (χ2v) is 7.46. The minimum Gasteiger partial charge on any atom is -0.392 e. The summed E-state index contributed by atoms with van der Waals surface area (Å²) in [7, 11) is -3.42. The molecule has 2 N–H and O–H groups in total. The van der Waals surface area contributed by atoms with Gasteiger partial charge in [0.1, 0.15) is 0 Å². The van der Waals surface area contributed by atoms with Gasteiger partial charge in [-0.25, -0.2) is 13.1 Å². The van der Waals surface area contributed by atoms with Crippen molar-refractivity contribution < 1.29 is 13.5 Å². The minimum absolute atomic E-state index is 0.0769. The lowest BCUT2D eigenvalue weighted by Crippen LogP contribution is -2.29. The van der Waals surface area contributed by atoms with Gasteiger partial charge in [0.15, 0.2) is 0 Å². The molecule has 0 aliphatic carbocycles. The van der Waals surface area contributed by atoms with E-state index in [1.165, 1.54) is 18.6 Å². The third-order valence-corrected chi connectivity index (χ3v) is 5.78. The molecule has 1 heterocycles. The Morgan fingerprint density at radius 3 is 2.61 bits per heavy atom. The van der Waals surface area contributed by atoms with Gasteiger partial charge >= 0.3 is 0 Å². The Bertz CT molecular complexity index is 479. The Balaban J connectivity index is 2.00. The fourth-order valence-corrected chi connectivity index (χ4v) is 4.25. The van der Waals surface area contributed by atoms with E-state index < -0.39 is 10.0 Å². The zero-order valence-corrected chi connectivity index (χ0v) is 11.6. The van der Waals surface area contributed by atoms with E-state index in [0.717, 1.165) is 12.2 Å². The van der Waals surface area contributed by atoms with Crippen LogP contribution in [0.5, 0.6) is 0 Å². The van der Waals surface area contributed by atoms with Crippen LogP contribution in [-0.4, -0.2) is 31.1 Å². The number of rotatable bonds is 5. The van der Waals surface area contributed by atoms with Gasteiger partial charge in [-0.2, -0.15) is 11.8 Å². The zero-order valence-electron chi connectivity index (χ0n) is 10.0. The predicted octanol–water partition coefficient (Wildman–Crippen LogP) is 1.35. The third-order valence-electron chi connectivity index (χ3n) is 2.94. The summed E-state index contributed by atoms with van der Waals surface area (Å²) in [5.41, 5.74) is 0.709. The first kappa shape index (κ1) is 13.9. The maximum Gasteiger partial charge on any atom is 0.240 e. The summed E-state index contributed by atoms with van der Waals surface area (Å²) in [5.74, 6) is 1.12. The van der Waals surface area contributed by atoms with Crippen molar-refractivity contribution in [3.05, 3.63) is 29.8 Å². The maximum absolute atomic E-state index is 12.0. The number of benzene rings is 1. The zero-order chi connectivity index (χ0) is 13.0. The van der Waals surface area contributed by atoms with Gasteiger partial charge in [0.2, 0.25) is 10.0 Å². The number of hydrogen-bond acceptors (Lipinski definition) is 4. The number of thioether (sulfide) groups is 1. The van der Waals surface area contributed by atoms with Crippen LogP contribution in [0.2, 0.25) is 0 Å². The molecule has 6 heteroatoms. The van der Waals surface area contributed by atoms with E-state index in [2.05, 4.69) is 4.72 Å². The number of aliphatic hydroxyl groups is 1. The lowest BCUT2D eigenvalue weighted by Gasteiger charge is -2.11. The second kappa shape index (κ2) is 6.06. The van der Waals surface area contributed by atoms with E-state index in [0.29, 0.717) is 17.4 Å². The first-order valence-corrected chi connectivity index (χ1v) is 8.46. The summed E-state index contributed by atoms with van der Waals surface area (Å²) < 4.78 is 26.7. The van der Waals surface area contributed by atoms with E-state index in [1.807, 2.05) is 11.8 Å². The third kappa shape index (κ3) is 3.47. The van der Waals surface area contributed by atoms with Gasteiger partial charge in [0, 0.05) is 11.8 Å². The highest BCUT2D eigenvalue weighted by atomic mass is 32.2. The molecular formula is C12H17NO3S2. The van der Waals surface area contributed by atoms with Crippen LogP contribution in [0.4, 0.5) is 0 Å². The lowest BCUT2D eigenvalue weighted by molar-refractivity contribution is 0.282. The molecule has 1 aliphatic rings. The van der Waals surface area contributed by atoms with Crippen LogP contribution in [0.3, 0.4) is 0 Å². The summed E-state index contributed by atoms with van der Waals surface area (Å²) in [6.45, 7) is 0.418. The van der Waals surface area contributed by atoms with Gasteiger partial charge < -0.3 is 5.11 Å². The molecule has 2 rings (SSSR count). The Kier molecular flexibility index (Phi) is 4.66. The van der Waals surface area contributed by atoms with Gasteiger partial charge in [-0.3, -0.25) is 0 Å². The molecule has 0 spiro atoms. The molecular weight excluding hydrogens is 270 g/mol. The summed E-state index contributed by atoms with van der Waals surface area (Å²) in [6, 6.07) is 6.29. The summed E-state index contributed by atoms with van der Waals surface area (Å²) in [5, 5.41) is 9.31. The molecule has 18 heavy (non-hydrogen) atoms. The molecule has 0 aromatic heterocycles. The Morgan fingerprint density at radius 2 is 2.06 bits per heavy atom. The van der Waals surface area contributed by atoms with Crippen molar-refractivity contribution in [3.8, 4) is 0 Å². The van der Waals surface area contributed by atoms with Crippen molar-refractivity contribution in [1.29, 1.82) is 0 Å². The molecule has 1 fully saturated rings. The first-order valence-electron chi connectivity index (χ1n) is 5.93. The molecule has 4 nitrogen and oxygen atoms in total. The summed E-state index contributed by atoms with van der Waals surface area (Å²) in [4.78, 5) is 0.252. The van der Waals surface area contributed by atoms with Gasteiger partial charge in [-0.05, 0) is 36.3 Å². The molecule has 1 aliphatic heterocycles. The highest BCUT2D eigenvalue weighted by molar-refractivity contribution is 8.00. The quantitative estimate of drug-likeness (QED) is 0.858. The molecule has 0 saturated carbocycles. The lowest BCUT2D eigenvalue weighted by atomic mass is 10.2. The van der Waals surface area contributed by atoms with Gasteiger partial charge in [0.05, 0.1) is 11.5 Å². The van der Waals surface area contributed by atoms with Gasteiger partial charge in [0.25, 0.3) is 0 Å². The standard InChI is InChI=1S/C12H17NO3S2/c14-9-10-3-5-12(6-4-10)18(15,16)13-8-11-2-1-7-17-11/h3-6,11,13-14H,1-2,7-9H2. The van der Waals surface area contributed by atoms with Crippen molar-refractivity contribution in [2.45, 2.75) is 29.6 Å². The maximum atomic E-state index is 12.0. The number of sulfonamides is 1. The molecule has 1 atom stereocenters. The predicted molar refractivity (Wildman–Crippen MR) is 73.0 cm³/mol. The van der Waals surface area contributed by atoms with Crippen LogP contribution < -0.4 is 4.72 Å². The van der Waals surface area contributed by atoms with Crippen LogP contribution in [-0.2, 0) is 16.6 Å². The monoisotopic (exact) mass is 287 g/mol. The molecule has 0 bridgehead atoms. The number of nitrogens with one attached hydrogen (secondary N) is 1. The fraction of sp³-hybridized carbons (Fsp3) is 0.500.